The molecule has 1 aliphatic heterocycles. The summed E-state index contributed by atoms with van der Waals surface area (Å²) in [7, 11) is 2.05. The van der Waals surface area contributed by atoms with Crippen LogP contribution in [0.4, 0.5) is 0 Å². The number of hydrogen-bond donors (Lipinski definition) is 3. The van der Waals surface area contributed by atoms with Crippen LogP contribution in [0.2, 0.25) is 0 Å². The number of hydrogen-bond acceptors (Lipinski definition) is 4. The van der Waals surface area contributed by atoms with Crippen molar-refractivity contribution in [2.75, 3.05) is 20.1 Å². The third kappa shape index (κ3) is 5.14. The Morgan fingerprint density at radius 3 is 2.59 bits per heavy atom. The summed E-state index contributed by atoms with van der Waals surface area (Å²) in [6.07, 6.45) is 1.97. The molecule has 1 saturated heterocycles. The predicted octanol–water partition coefficient (Wildman–Crippen LogP) is -0.611. The second-order valence-corrected chi connectivity index (χ2v) is 4.63. The first-order valence-corrected chi connectivity index (χ1v) is 5.95. The molecule has 1 heterocycles. The number of piperidine rings is 1. The largest absolute Gasteiger partial charge is 0.481 e. The zero-order valence-electron chi connectivity index (χ0n) is 10.2. The summed E-state index contributed by atoms with van der Waals surface area (Å²) in [5.41, 5.74) is 5.62. The minimum absolute atomic E-state index is 0.0675. The molecule has 1 fully saturated rings. The van der Waals surface area contributed by atoms with Crippen LogP contribution in [0.25, 0.3) is 0 Å². The maximum Gasteiger partial charge on any atom is 0.303 e. The van der Waals surface area contributed by atoms with Crippen molar-refractivity contribution in [1.29, 1.82) is 0 Å². The Hall–Kier alpha value is -1.14. The molecule has 1 amide bonds. The highest BCUT2D eigenvalue weighted by Crippen LogP contribution is 2.08. The Morgan fingerprint density at radius 1 is 1.47 bits per heavy atom. The molecule has 1 rings (SSSR count). The summed E-state index contributed by atoms with van der Waals surface area (Å²) in [5.74, 6) is -1.16. The van der Waals surface area contributed by atoms with E-state index in [1.165, 1.54) is 0 Å². The third-order valence-corrected chi connectivity index (χ3v) is 3.07. The van der Waals surface area contributed by atoms with Crippen LogP contribution in [0.1, 0.15) is 25.7 Å². The van der Waals surface area contributed by atoms with Crippen LogP contribution >= 0.6 is 0 Å². The number of rotatable bonds is 5. The van der Waals surface area contributed by atoms with Gasteiger partial charge in [-0.05, 0) is 39.4 Å². The molecule has 0 aromatic heterocycles. The van der Waals surface area contributed by atoms with E-state index in [0.717, 1.165) is 25.9 Å². The van der Waals surface area contributed by atoms with Gasteiger partial charge in [0.2, 0.25) is 5.91 Å². The zero-order valence-corrected chi connectivity index (χ0v) is 10.2. The molecule has 1 atom stereocenters. The lowest BCUT2D eigenvalue weighted by atomic mass is 10.0. The van der Waals surface area contributed by atoms with E-state index in [2.05, 4.69) is 17.3 Å². The predicted molar refractivity (Wildman–Crippen MR) is 63.5 cm³/mol. The molecule has 0 bridgehead atoms. The van der Waals surface area contributed by atoms with E-state index in [0.29, 0.717) is 0 Å². The second kappa shape index (κ2) is 6.56. The zero-order chi connectivity index (χ0) is 12.8. The van der Waals surface area contributed by atoms with Crippen molar-refractivity contribution in [1.82, 2.24) is 10.2 Å². The lowest BCUT2D eigenvalue weighted by Gasteiger charge is -2.30. The Bertz CT molecular complexity index is 275. The molecule has 0 radical (unpaired) electrons. The van der Waals surface area contributed by atoms with Gasteiger partial charge < -0.3 is 21.1 Å². The molecular weight excluding hydrogens is 222 g/mol. The van der Waals surface area contributed by atoms with E-state index in [4.69, 9.17) is 10.8 Å². The summed E-state index contributed by atoms with van der Waals surface area (Å²) in [6, 6.07) is -0.541. The van der Waals surface area contributed by atoms with Gasteiger partial charge in [0.05, 0.1) is 6.04 Å². The molecule has 0 aromatic rings. The number of nitrogens with zero attached hydrogens (tertiary/aromatic N) is 1. The van der Waals surface area contributed by atoms with Gasteiger partial charge in [-0.2, -0.15) is 0 Å². The van der Waals surface area contributed by atoms with Crippen molar-refractivity contribution < 1.29 is 14.7 Å². The van der Waals surface area contributed by atoms with Gasteiger partial charge in [-0.3, -0.25) is 9.59 Å². The van der Waals surface area contributed by atoms with Crippen LogP contribution in [0.3, 0.4) is 0 Å². The summed E-state index contributed by atoms with van der Waals surface area (Å²) < 4.78 is 0. The van der Waals surface area contributed by atoms with Crippen LogP contribution in [-0.4, -0.2) is 54.1 Å². The number of carboxylic acids is 1. The van der Waals surface area contributed by atoms with E-state index in [1.54, 1.807) is 0 Å². The number of likely N-dealkylation sites (tertiary alicyclic amines) is 1. The number of carboxylic acid groups (broad SMARTS) is 1. The second-order valence-electron chi connectivity index (χ2n) is 4.63. The Labute approximate surface area is 101 Å². The number of nitrogens with two attached hydrogens (primary N) is 1. The highest BCUT2D eigenvalue weighted by atomic mass is 16.4. The fourth-order valence-electron chi connectivity index (χ4n) is 1.87. The molecular formula is C11H21N3O3. The number of carbonyl (C=O) groups is 2. The number of carbonyl (C=O) groups excluding carboxylic acids is 1. The summed E-state index contributed by atoms with van der Waals surface area (Å²) in [6.45, 7) is 1.94. The van der Waals surface area contributed by atoms with E-state index in [9.17, 15) is 9.59 Å². The lowest BCUT2D eigenvalue weighted by molar-refractivity contribution is -0.137. The van der Waals surface area contributed by atoms with Crippen molar-refractivity contribution in [3.63, 3.8) is 0 Å². The first-order valence-electron chi connectivity index (χ1n) is 5.95. The van der Waals surface area contributed by atoms with Crippen molar-refractivity contribution in [2.24, 2.45) is 5.73 Å². The Morgan fingerprint density at radius 2 is 2.06 bits per heavy atom. The van der Waals surface area contributed by atoms with Gasteiger partial charge in [0, 0.05) is 12.5 Å². The minimum atomic E-state index is -0.924. The average molecular weight is 243 g/mol. The molecule has 1 unspecified atom stereocenters. The van der Waals surface area contributed by atoms with Gasteiger partial charge in [-0.15, -0.1) is 0 Å². The van der Waals surface area contributed by atoms with Crippen LogP contribution in [0.5, 0.6) is 0 Å². The van der Waals surface area contributed by atoms with Gasteiger partial charge in [0.15, 0.2) is 0 Å². The molecule has 0 spiro atoms. The standard InChI is InChI=1S/C11H21N3O3/c1-14-6-4-8(5-7-14)13-11(17)9(12)2-3-10(15)16/h8-9H,2-7,12H2,1H3,(H,13,17)(H,15,16). The van der Waals surface area contributed by atoms with Crippen LogP contribution in [0.15, 0.2) is 0 Å². The normalized spacial score (nSPS) is 19.9. The fourth-order valence-corrected chi connectivity index (χ4v) is 1.87. The minimum Gasteiger partial charge on any atom is -0.481 e. The third-order valence-electron chi connectivity index (χ3n) is 3.07. The number of aliphatic carboxylic acids is 1. The first-order chi connectivity index (χ1) is 7.99. The van der Waals surface area contributed by atoms with Gasteiger partial charge in [-0.1, -0.05) is 0 Å². The molecule has 6 heteroatoms. The van der Waals surface area contributed by atoms with Crippen LogP contribution in [-0.2, 0) is 9.59 Å². The molecule has 17 heavy (non-hydrogen) atoms. The van der Waals surface area contributed by atoms with Crippen molar-refractivity contribution in [2.45, 2.75) is 37.8 Å². The molecule has 0 aliphatic carbocycles. The van der Waals surface area contributed by atoms with E-state index < -0.39 is 12.0 Å². The molecule has 4 N–H and O–H groups in total. The Kier molecular flexibility index (Phi) is 5.37. The summed E-state index contributed by atoms with van der Waals surface area (Å²) >= 11 is 0. The van der Waals surface area contributed by atoms with Gasteiger partial charge in [-0.25, -0.2) is 0 Å². The highest BCUT2D eigenvalue weighted by molar-refractivity contribution is 5.82. The van der Waals surface area contributed by atoms with Crippen LogP contribution in [0, 0.1) is 0 Å². The lowest BCUT2D eigenvalue weighted by Crippen LogP contribution is -2.49. The van der Waals surface area contributed by atoms with Crippen molar-refractivity contribution >= 4 is 11.9 Å². The van der Waals surface area contributed by atoms with Crippen LogP contribution < -0.4 is 11.1 Å². The summed E-state index contributed by atoms with van der Waals surface area (Å²) in [4.78, 5) is 24.2. The molecule has 0 saturated carbocycles. The molecule has 0 aromatic carbocycles. The molecule has 1 aliphatic rings. The number of nitrogens with one attached hydrogen (secondary N) is 1. The smallest absolute Gasteiger partial charge is 0.303 e. The fraction of sp³-hybridized carbons (Fsp3) is 0.818. The van der Waals surface area contributed by atoms with Gasteiger partial charge in [0.1, 0.15) is 0 Å². The van der Waals surface area contributed by atoms with E-state index >= 15 is 0 Å². The average Bonchev–Trinajstić information content (AvgIpc) is 2.28. The highest BCUT2D eigenvalue weighted by Gasteiger charge is 2.21. The quantitative estimate of drug-likeness (QED) is 0.598. The topological polar surface area (TPSA) is 95.7 Å². The van der Waals surface area contributed by atoms with Crippen molar-refractivity contribution in [3.8, 4) is 0 Å². The maximum absolute atomic E-state index is 11.7. The monoisotopic (exact) mass is 243 g/mol. The first kappa shape index (κ1) is 13.9. The summed E-state index contributed by atoms with van der Waals surface area (Å²) in [5, 5.41) is 11.4. The SMILES string of the molecule is CN1CCC(NC(=O)C(N)CCC(=O)O)CC1. The van der Waals surface area contributed by atoms with Gasteiger partial charge >= 0.3 is 5.97 Å². The molecule has 98 valence electrons. The number of amides is 1. The van der Waals surface area contributed by atoms with Gasteiger partial charge in [0.25, 0.3) is 0 Å². The maximum atomic E-state index is 11.7. The Balaban J connectivity index is 2.25. The van der Waals surface area contributed by atoms with E-state index in [-0.39, 0.29) is 24.8 Å². The molecule has 6 nitrogen and oxygen atoms in total. The van der Waals surface area contributed by atoms with E-state index in [1.807, 2.05) is 0 Å². The van der Waals surface area contributed by atoms with Crippen molar-refractivity contribution in [3.05, 3.63) is 0 Å².